The second-order valence-corrected chi connectivity index (χ2v) is 5.11. The fraction of sp³-hybridized carbons (Fsp3) is 0.600. The van der Waals surface area contributed by atoms with Gasteiger partial charge in [0.2, 0.25) is 0 Å². The Morgan fingerprint density at radius 1 is 1.22 bits per heavy atom. The maximum Gasteiger partial charge on any atom is 0.123 e. The van der Waals surface area contributed by atoms with Crippen LogP contribution in [0.15, 0.2) is 24.3 Å². The summed E-state index contributed by atoms with van der Waals surface area (Å²) in [5.74, 6) is -0.182. The molecule has 2 nitrogen and oxygen atoms in total. The third-order valence-electron chi connectivity index (χ3n) is 3.84. The fourth-order valence-electron chi connectivity index (χ4n) is 2.74. The minimum absolute atomic E-state index is 0.182. The van der Waals surface area contributed by atoms with E-state index in [0.29, 0.717) is 12.1 Å². The lowest BCUT2D eigenvalue weighted by Gasteiger charge is -2.33. The van der Waals surface area contributed by atoms with Crippen LogP contribution in [0.5, 0.6) is 0 Å². The van der Waals surface area contributed by atoms with E-state index in [9.17, 15) is 4.39 Å². The van der Waals surface area contributed by atoms with Crippen LogP contribution in [-0.4, -0.2) is 19.3 Å². The first-order valence-corrected chi connectivity index (χ1v) is 6.75. The zero-order chi connectivity index (χ0) is 13.0. The summed E-state index contributed by atoms with van der Waals surface area (Å²) >= 11 is 0. The molecule has 3 atom stereocenters. The Bertz CT molecular complexity index is 365. The maximum absolute atomic E-state index is 12.9. The highest BCUT2D eigenvalue weighted by molar-refractivity contribution is 5.19. The van der Waals surface area contributed by atoms with Gasteiger partial charge in [0.05, 0.1) is 6.10 Å². The molecule has 0 amide bonds. The van der Waals surface area contributed by atoms with Crippen molar-refractivity contribution in [2.75, 3.05) is 7.11 Å². The van der Waals surface area contributed by atoms with Gasteiger partial charge >= 0.3 is 0 Å². The summed E-state index contributed by atoms with van der Waals surface area (Å²) in [6, 6.07) is 7.36. The van der Waals surface area contributed by atoms with Gasteiger partial charge in [-0.3, -0.25) is 0 Å². The average molecular weight is 251 g/mol. The van der Waals surface area contributed by atoms with Gasteiger partial charge in [-0.05, 0) is 37.5 Å². The minimum Gasteiger partial charge on any atom is -0.380 e. The molecular formula is C15H22FNO. The second-order valence-electron chi connectivity index (χ2n) is 5.11. The molecule has 2 rings (SSSR count). The van der Waals surface area contributed by atoms with Gasteiger partial charge in [-0.2, -0.15) is 0 Å². The van der Waals surface area contributed by atoms with E-state index in [2.05, 4.69) is 12.2 Å². The molecule has 1 aromatic rings. The summed E-state index contributed by atoms with van der Waals surface area (Å²) in [7, 11) is 1.78. The molecule has 1 N–H and O–H groups in total. The van der Waals surface area contributed by atoms with Crippen molar-refractivity contribution < 1.29 is 9.13 Å². The Labute approximate surface area is 109 Å². The highest BCUT2D eigenvalue weighted by atomic mass is 19.1. The Kier molecular flexibility index (Phi) is 4.72. The van der Waals surface area contributed by atoms with Gasteiger partial charge in [0.15, 0.2) is 0 Å². The van der Waals surface area contributed by atoms with E-state index in [1.54, 1.807) is 7.11 Å². The van der Waals surface area contributed by atoms with Gasteiger partial charge in [-0.25, -0.2) is 4.39 Å². The van der Waals surface area contributed by atoms with Crippen LogP contribution in [0.3, 0.4) is 0 Å². The Morgan fingerprint density at radius 2 is 1.89 bits per heavy atom. The van der Waals surface area contributed by atoms with Crippen LogP contribution >= 0.6 is 0 Å². The molecule has 1 saturated carbocycles. The quantitative estimate of drug-likeness (QED) is 0.885. The van der Waals surface area contributed by atoms with Crippen molar-refractivity contribution in [3.8, 4) is 0 Å². The molecule has 3 heteroatoms. The molecule has 1 aromatic carbocycles. The molecule has 2 unspecified atom stereocenters. The molecule has 1 aliphatic carbocycles. The van der Waals surface area contributed by atoms with E-state index in [1.807, 2.05) is 12.1 Å². The lowest BCUT2D eigenvalue weighted by Crippen LogP contribution is -2.44. The summed E-state index contributed by atoms with van der Waals surface area (Å²) in [4.78, 5) is 0. The largest absolute Gasteiger partial charge is 0.380 e. The zero-order valence-corrected chi connectivity index (χ0v) is 11.2. The lowest BCUT2D eigenvalue weighted by atomic mass is 9.91. The smallest absolute Gasteiger partial charge is 0.123 e. The fourth-order valence-corrected chi connectivity index (χ4v) is 2.74. The monoisotopic (exact) mass is 251 g/mol. The normalized spacial score (nSPS) is 25.9. The average Bonchev–Trinajstić information content (AvgIpc) is 2.40. The lowest BCUT2D eigenvalue weighted by molar-refractivity contribution is 0.0384. The molecule has 0 spiro atoms. The van der Waals surface area contributed by atoms with Gasteiger partial charge in [0, 0.05) is 19.2 Å². The molecule has 0 saturated heterocycles. The van der Waals surface area contributed by atoms with Crippen LogP contribution in [0.25, 0.3) is 0 Å². The topological polar surface area (TPSA) is 21.3 Å². The SMILES string of the molecule is COC1CCCCC1N[C@H](C)c1ccc(F)cc1. The van der Waals surface area contributed by atoms with Crippen molar-refractivity contribution in [3.63, 3.8) is 0 Å². The molecule has 0 aromatic heterocycles. The van der Waals surface area contributed by atoms with Gasteiger partial charge in [-0.15, -0.1) is 0 Å². The van der Waals surface area contributed by atoms with E-state index < -0.39 is 0 Å². The molecule has 1 aliphatic rings. The van der Waals surface area contributed by atoms with Gasteiger partial charge in [0.25, 0.3) is 0 Å². The number of halogens is 1. The van der Waals surface area contributed by atoms with Crippen molar-refractivity contribution in [2.45, 2.75) is 50.8 Å². The van der Waals surface area contributed by atoms with Gasteiger partial charge in [-0.1, -0.05) is 25.0 Å². The molecular weight excluding hydrogens is 229 g/mol. The standard InChI is InChI=1S/C15H22FNO/c1-11(12-7-9-13(16)10-8-12)17-14-5-3-4-6-15(14)18-2/h7-11,14-15,17H,3-6H2,1-2H3/t11-,14?,15?/m1/s1. The highest BCUT2D eigenvalue weighted by Crippen LogP contribution is 2.23. The molecule has 1 fully saturated rings. The molecule has 0 heterocycles. The van der Waals surface area contributed by atoms with Crippen molar-refractivity contribution in [1.29, 1.82) is 0 Å². The predicted octanol–water partition coefficient (Wildman–Crippen LogP) is 3.43. The van der Waals surface area contributed by atoms with Crippen molar-refractivity contribution in [3.05, 3.63) is 35.6 Å². The summed E-state index contributed by atoms with van der Waals surface area (Å²) in [6.45, 7) is 2.12. The third kappa shape index (κ3) is 3.30. The number of hydrogen-bond acceptors (Lipinski definition) is 2. The third-order valence-corrected chi connectivity index (χ3v) is 3.84. The number of hydrogen-bond donors (Lipinski definition) is 1. The van der Waals surface area contributed by atoms with Crippen LogP contribution in [0, 0.1) is 5.82 Å². The Morgan fingerprint density at radius 3 is 2.56 bits per heavy atom. The van der Waals surface area contributed by atoms with Crippen LogP contribution in [0.2, 0.25) is 0 Å². The van der Waals surface area contributed by atoms with E-state index in [0.717, 1.165) is 18.4 Å². The van der Waals surface area contributed by atoms with E-state index in [-0.39, 0.29) is 11.9 Å². The van der Waals surface area contributed by atoms with Crippen LogP contribution < -0.4 is 5.32 Å². The second kappa shape index (κ2) is 6.30. The first kappa shape index (κ1) is 13.5. The summed E-state index contributed by atoms with van der Waals surface area (Å²) in [5, 5.41) is 3.61. The van der Waals surface area contributed by atoms with Crippen LogP contribution in [-0.2, 0) is 4.74 Å². The van der Waals surface area contributed by atoms with E-state index in [4.69, 9.17) is 4.74 Å². The van der Waals surface area contributed by atoms with Crippen molar-refractivity contribution in [1.82, 2.24) is 5.32 Å². The molecule has 0 radical (unpaired) electrons. The number of rotatable bonds is 4. The molecule has 18 heavy (non-hydrogen) atoms. The number of methoxy groups -OCH3 is 1. The van der Waals surface area contributed by atoms with Crippen LogP contribution in [0.4, 0.5) is 4.39 Å². The first-order valence-electron chi connectivity index (χ1n) is 6.75. The van der Waals surface area contributed by atoms with Gasteiger partial charge < -0.3 is 10.1 Å². The zero-order valence-electron chi connectivity index (χ0n) is 11.2. The van der Waals surface area contributed by atoms with Crippen molar-refractivity contribution in [2.24, 2.45) is 0 Å². The summed E-state index contributed by atoms with van der Waals surface area (Å²) in [6.07, 6.45) is 5.10. The van der Waals surface area contributed by atoms with Gasteiger partial charge in [0.1, 0.15) is 5.82 Å². The van der Waals surface area contributed by atoms with E-state index in [1.165, 1.54) is 25.0 Å². The summed E-state index contributed by atoms with van der Waals surface area (Å²) < 4.78 is 18.4. The highest BCUT2D eigenvalue weighted by Gasteiger charge is 2.26. The molecule has 100 valence electrons. The Balaban J connectivity index is 1.97. The molecule has 0 bridgehead atoms. The first-order chi connectivity index (χ1) is 8.70. The van der Waals surface area contributed by atoms with Crippen molar-refractivity contribution >= 4 is 0 Å². The minimum atomic E-state index is -0.182. The predicted molar refractivity (Wildman–Crippen MR) is 71.0 cm³/mol. The molecule has 0 aliphatic heterocycles. The summed E-state index contributed by atoms with van der Waals surface area (Å²) in [5.41, 5.74) is 1.12. The van der Waals surface area contributed by atoms with E-state index >= 15 is 0 Å². The number of benzene rings is 1. The van der Waals surface area contributed by atoms with Crippen LogP contribution in [0.1, 0.15) is 44.2 Å². The number of ether oxygens (including phenoxy) is 1. The maximum atomic E-state index is 12.9. The number of nitrogens with one attached hydrogen (secondary N) is 1. The Hall–Kier alpha value is -0.930.